The smallest absolute Gasteiger partial charge is 0.266 e. The summed E-state index contributed by atoms with van der Waals surface area (Å²) in [7, 11) is -4.16. The quantitative estimate of drug-likeness (QED) is 0.0673. The van der Waals surface area contributed by atoms with E-state index in [9.17, 15) is 17.5 Å². The summed E-state index contributed by atoms with van der Waals surface area (Å²) in [6.07, 6.45) is 21.6. The van der Waals surface area contributed by atoms with E-state index in [2.05, 4.69) is 13.5 Å². The number of hydrogen-bond donors (Lipinski definition) is 1. The van der Waals surface area contributed by atoms with Crippen LogP contribution in [0.5, 0.6) is 0 Å². The predicted molar refractivity (Wildman–Crippen MR) is 169 cm³/mol. The Balaban J connectivity index is 2.18. The highest BCUT2D eigenvalue weighted by Gasteiger charge is 2.25. The minimum absolute atomic E-state index is 0.374. The molecule has 0 bridgehead atoms. The Kier molecular flexibility index (Phi) is 20.9. The lowest BCUT2D eigenvalue weighted by Crippen LogP contribution is -2.42. The van der Waals surface area contributed by atoms with E-state index in [0.717, 1.165) is 24.1 Å². The Bertz CT molecular complexity index is 832. The molecule has 0 fully saturated rings. The number of allylic oxidation sites excluding steroid dienone is 1. The zero-order valence-electron chi connectivity index (χ0n) is 25.0. The number of unbranched alkanes of at least 4 members (excludes halogenated alkanes) is 15. The summed E-state index contributed by atoms with van der Waals surface area (Å²) in [4.78, 5) is 1.90. The Morgan fingerprint density at radius 1 is 0.846 bits per heavy atom. The van der Waals surface area contributed by atoms with Crippen LogP contribution in [0, 0.1) is 0 Å². The maximum absolute atomic E-state index is 12.7. The van der Waals surface area contributed by atoms with Gasteiger partial charge < -0.3 is 9.45 Å². The van der Waals surface area contributed by atoms with Gasteiger partial charge in [0.2, 0.25) is 0 Å². The lowest BCUT2D eigenvalue weighted by molar-refractivity contribution is 0.279. The topological polar surface area (TPSA) is 80.7 Å². The molecule has 0 aliphatic heterocycles. The average molecular weight is 584 g/mol. The van der Waals surface area contributed by atoms with E-state index in [1.165, 1.54) is 89.9 Å². The van der Waals surface area contributed by atoms with E-state index in [4.69, 9.17) is 0 Å². The Morgan fingerprint density at radius 3 is 1.74 bits per heavy atom. The van der Waals surface area contributed by atoms with Crippen molar-refractivity contribution in [2.75, 3.05) is 23.8 Å². The van der Waals surface area contributed by atoms with Crippen molar-refractivity contribution in [2.24, 2.45) is 0 Å². The number of nitrogens with zero attached hydrogens (tertiary/aromatic N) is 1. The van der Waals surface area contributed by atoms with Gasteiger partial charge >= 0.3 is 0 Å². The van der Waals surface area contributed by atoms with Crippen LogP contribution in [-0.4, -0.2) is 52.3 Å². The molecule has 7 heteroatoms. The van der Waals surface area contributed by atoms with Crippen molar-refractivity contribution in [3.05, 3.63) is 48.2 Å². The minimum Gasteiger partial charge on any atom is -0.616 e. The molecular weight excluding hydrogens is 526 g/mol. The molecule has 0 saturated heterocycles. The first-order chi connectivity index (χ1) is 18.7. The molecule has 1 aromatic rings. The normalized spacial score (nSPS) is 13.3. The maximum Gasteiger partial charge on any atom is 0.266 e. The fraction of sp³-hybridized carbons (Fsp3) is 0.750. The summed E-state index contributed by atoms with van der Waals surface area (Å²) in [5.74, 6) is 0.785. The average Bonchev–Trinajstić information content (AvgIpc) is 2.88. The first kappa shape index (κ1) is 36.0. The number of rotatable bonds is 26. The highest BCUT2D eigenvalue weighted by Crippen LogP contribution is 2.17. The second-order valence-corrected chi connectivity index (χ2v) is 14.4. The molecule has 0 radical (unpaired) electrons. The molecule has 0 aliphatic carbocycles. The standard InChI is InChI=1S/C32H57NO4S2/c1-4-5-6-7-8-9-10-11-12-13-14-15-16-17-18-22-26-38(34)27-25-33(30(2)3)32(29-39(35,36)37)28-31-23-20-19-21-24-31/h19-21,23-24,32H,2,4-18,22,25-29H2,1,3H3,(H,35,36,37). The third-order valence-electron chi connectivity index (χ3n) is 7.43. The van der Waals surface area contributed by atoms with Crippen molar-refractivity contribution in [2.45, 2.75) is 129 Å². The van der Waals surface area contributed by atoms with Crippen LogP contribution in [-0.2, 0) is 27.7 Å². The van der Waals surface area contributed by atoms with Gasteiger partial charge in [-0.15, -0.1) is 0 Å². The molecule has 0 saturated carbocycles. The van der Waals surface area contributed by atoms with Crippen LogP contribution in [0.4, 0.5) is 0 Å². The van der Waals surface area contributed by atoms with Crippen LogP contribution in [0.1, 0.15) is 122 Å². The monoisotopic (exact) mass is 583 g/mol. The van der Waals surface area contributed by atoms with Crippen molar-refractivity contribution in [3.8, 4) is 0 Å². The van der Waals surface area contributed by atoms with Gasteiger partial charge in [0.05, 0.1) is 12.3 Å². The van der Waals surface area contributed by atoms with Gasteiger partial charge in [-0.3, -0.25) is 4.55 Å². The zero-order chi connectivity index (χ0) is 28.8. The molecule has 0 aromatic heterocycles. The van der Waals surface area contributed by atoms with Crippen molar-refractivity contribution in [3.63, 3.8) is 0 Å². The molecule has 2 atom stereocenters. The van der Waals surface area contributed by atoms with Gasteiger partial charge in [0.15, 0.2) is 0 Å². The molecule has 0 heterocycles. The summed E-state index contributed by atoms with van der Waals surface area (Å²) in [6.45, 7) is 8.60. The van der Waals surface area contributed by atoms with Gasteiger partial charge in [-0.2, -0.15) is 8.42 Å². The third-order valence-corrected chi connectivity index (χ3v) is 9.62. The van der Waals surface area contributed by atoms with Crippen molar-refractivity contribution in [1.82, 2.24) is 4.90 Å². The predicted octanol–water partition coefficient (Wildman–Crippen LogP) is 8.33. The summed E-state index contributed by atoms with van der Waals surface area (Å²) in [5, 5.41) is 0. The molecule has 0 aliphatic rings. The van der Waals surface area contributed by atoms with Crippen molar-refractivity contribution >= 4 is 21.3 Å². The van der Waals surface area contributed by atoms with Gasteiger partial charge in [-0.1, -0.05) is 145 Å². The van der Waals surface area contributed by atoms with E-state index < -0.39 is 27.3 Å². The summed E-state index contributed by atoms with van der Waals surface area (Å²) < 4.78 is 45.6. The van der Waals surface area contributed by atoms with Crippen LogP contribution < -0.4 is 0 Å². The second-order valence-electron chi connectivity index (χ2n) is 11.2. The van der Waals surface area contributed by atoms with E-state index in [-0.39, 0.29) is 5.75 Å². The minimum atomic E-state index is -4.16. The highest BCUT2D eigenvalue weighted by atomic mass is 32.2. The van der Waals surface area contributed by atoms with Gasteiger partial charge in [0, 0.05) is 11.7 Å². The van der Waals surface area contributed by atoms with Gasteiger partial charge in [-0.25, -0.2) is 0 Å². The fourth-order valence-electron chi connectivity index (χ4n) is 5.19. The highest BCUT2D eigenvalue weighted by molar-refractivity contribution is 7.91. The molecule has 39 heavy (non-hydrogen) atoms. The maximum atomic E-state index is 12.7. The molecule has 226 valence electrons. The van der Waals surface area contributed by atoms with Crippen molar-refractivity contribution < 1.29 is 17.5 Å². The SMILES string of the molecule is C=C(C)N(CC[S+]([O-])CCCCCCCCCCCCCCCCCC)C(Cc1ccccc1)CS(=O)(=O)O. The van der Waals surface area contributed by atoms with Gasteiger partial charge in [0.1, 0.15) is 11.5 Å². The Morgan fingerprint density at radius 2 is 1.31 bits per heavy atom. The van der Waals surface area contributed by atoms with Crippen LogP contribution in [0.25, 0.3) is 0 Å². The first-order valence-corrected chi connectivity index (χ1v) is 18.6. The van der Waals surface area contributed by atoms with Crippen LogP contribution in [0.15, 0.2) is 42.6 Å². The number of hydrogen-bond acceptors (Lipinski definition) is 4. The molecule has 1 rings (SSSR count). The van der Waals surface area contributed by atoms with E-state index in [0.29, 0.717) is 24.5 Å². The molecule has 0 spiro atoms. The van der Waals surface area contributed by atoms with Crippen LogP contribution in [0.2, 0.25) is 0 Å². The third kappa shape index (κ3) is 20.5. The van der Waals surface area contributed by atoms with E-state index >= 15 is 0 Å². The Hall–Kier alpha value is -1.02. The molecule has 0 amide bonds. The molecule has 2 unspecified atom stereocenters. The van der Waals surface area contributed by atoms with E-state index in [1.54, 1.807) is 0 Å². The lowest BCUT2D eigenvalue weighted by atomic mass is 10.0. The number of benzene rings is 1. The molecular formula is C32H57NO4S2. The summed E-state index contributed by atoms with van der Waals surface area (Å²) >= 11 is -0.955. The largest absolute Gasteiger partial charge is 0.616 e. The fourth-order valence-corrected chi connectivity index (χ4v) is 7.10. The van der Waals surface area contributed by atoms with Crippen LogP contribution in [0.3, 0.4) is 0 Å². The summed E-state index contributed by atoms with van der Waals surface area (Å²) in [5.41, 5.74) is 1.71. The molecule has 1 N–H and O–H groups in total. The van der Waals surface area contributed by atoms with Crippen LogP contribution >= 0.6 is 0 Å². The van der Waals surface area contributed by atoms with Gasteiger partial charge in [0.25, 0.3) is 10.1 Å². The summed E-state index contributed by atoms with van der Waals surface area (Å²) in [6, 6.07) is 9.19. The lowest BCUT2D eigenvalue weighted by Gasteiger charge is -2.33. The molecule has 5 nitrogen and oxygen atoms in total. The second kappa shape index (κ2) is 22.6. The van der Waals surface area contributed by atoms with E-state index in [1.807, 2.05) is 42.2 Å². The Labute approximate surface area is 244 Å². The van der Waals surface area contributed by atoms with Crippen molar-refractivity contribution in [1.29, 1.82) is 0 Å². The zero-order valence-corrected chi connectivity index (χ0v) is 26.6. The first-order valence-electron chi connectivity index (χ1n) is 15.5. The molecule has 1 aromatic carbocycles. The van der Waals surface area contributed by atoms with Gasteiger partial charge in [-0.05, 0) is 31.7 Å².